The molecular formula is C17H23ClO3. The molecule has 0 aromatic heterocycles. The second-order valence-electron chi connectivity index (χ2n) is 5.61. The molecule has 2 rings (SSSR count). The Morgan fingerprint density at radius 2 is 2.00 bits per heavy atom. The molecule has 0 saturated heterocycles. The van der Waals surface area contributed by atoms with E-state index in [9.17, 15) is 4.79 Å². The van der Waals surface area contributed by atoms with Crippen molar-refractivity contribution in [3.8, 4) is 5.75 Å². The van der Waals surface area contributed by atoms with Crippen LogP contribution in [-0.4, -0.2) is 19.7 Å². The standard InChI is InChI=1S/C17H23ClO3/c1-3-21-17(19)10-12-4-6-13(7-5-12)15-9-8-14(20-2)11-16(15)18/h8-9,11-13H,3-7,10H2,1-2H3. The largest absolute Gasteiger partial charge is 0.497 e. The summed E-state index contributed by atoms with van der Waals surface area (Å²) in [5.74, 6) is 1.67. The van der Waals surface area contributed by atoms with Crippen LogP contribution in [0.15, 0.2) is 18.2 Å². The highest BCUT2D eigenvalue weighted by Crippen LogP contribution is 2.40. The maximum atomic E-state index is 11.5. The van der Waals surface area contributed by atoms with Gasteiger partial charge in [-0.25, -0.2) is 0 Å². The predicted octanol–water partition coefficient (Wildman–Crippen LogP) is 4.58. The van der Waals surface area contributed by atoms with Crippen LogP contribution in [0.2, 0.25) is 5.02 Å². The van der Waals surface area contributed by atoms with Crippen LogP contribution in [-0.2, 0) is 9.53 Å². The zero-order valence-electron chi connectivity index (χ0n) is 12.7. The fourth-order valence-corrected chi connectivity index (χ4v) is 3.42. The third kappa shape index (κ3) is 4.37. The summed E-state index contributed by atoms with van der Waals surface area (Å²) >= 11 is 6.35. The summed E-state index contributed by atoms with van der Waals surface area (Å²) in [7, 11) is 1.64. The van der Waals surface area contributed by atoms with Gasteiger partial charge in [0, 0.05) is 11.4 Å². The van der Waals surface area contributed by atoms with Gasteiger partial charge in [0.2, 0.25) is 0 Å². The fraction of sp³-hybridized carbons (Fsp3) is 0.588. The maximum absolute atomic E-state index is 11.5. The third-order valence-electron chi connectivity index (χ3n) is 4.25. The van der Waals surface area contributed by atoms with Crippen LogP contribution in [0, 0.1) is 5.92 Å². The van der Waals surface area contributed by atoms with E-state index in [0.29, 0.717) is 24.9 Å². The number of methoxy groups -OCH3 is 1. The van der Waals surface area contributed by atoms with E-state index in [2.05, 4.69) is 6.07 Å². The van der Waals surface area contributed by atoms with Crippen molar-refractivity contribution in [2.75, 3.05) is 13.7 Å². The first-order valence-corrected chi connectivity index (χ1v) is 8.00. The molecule has 0 unspecified atom stereocenters. The van der Waals surface area contributed by atoms with Crippen molar-refractivity contribution >= 4 is 17.6 Å². The quantitative estimate of drug-likeness (QED) is 0.747. The van der Waals surface area contributed by atoms with E-state index in [1.807, 2.05) is 19.1 Å². The summed E-state index contributed by atoms with van der Waals surface area (Å²) in [6, 6.07) is 5.91. The molecule has 1 fully saturated rings. The van der Waals surface area contributed by atoms with Gasteiger partial charge in [0.25, 0.3) is 0 Å². The first-order chi connectivity index (χ1) is 10.1. The average Bonchev–Trinajstić information content (AvgIpc) is 2.48. The summed E-state index contributed by atoms with van der Waals surface area (Å²) in [6.07, 6.45) is 4.83. The van der Waals surface area contributed by atoms with E-state index >= 15 is 0 Å². The van der Waals surface area contributed by atoms with Crippen LogP contribution in [0.3, 0.4) is 0 Å². The summed E-state index contributed by atoms with van der Waals surface area (Å²) in [4.78, 5) is 11.5. The smallest absolute Gasteiger partial charge is 0.306 e. The van der Waals surface area contributed by atoms with Gasteiger partial charge < -0.3 is 9.47 Å². The molecule has 0 N–H and O–H groups in total. The Morgan fingerprint density at radius 1 is 1.29 bits per heavy atom. The number of esters is 1. The van der Waals surface area contributed by atoms with Crippen molar-refractivity contribution in [2.24, 2.45) is 5.92 Å². The van der Waals surface area contributed by atoms with Gasteiger partial charge in [-0.1, -0.05) is 17.7 Å². The summed E-state index contributed by atoms with van der Waals surface area (Å²) < 4.78 is 10.2. The Kier molecular flexibility index (Phi) is 5.92. The highest BCUT2D eigenvalue weighted by molar-refractivity contribution is 6.31. The number of ether oxygens (including phenoxy) is 2. The lowest BCUT2D eigenvalue weighted by Gasteiger charge is -2.28. The Balaban J connectivity index is 1.90. The SMILES string of the molecule is CCOC(=O)CC1CCC(c2ccc(OC)cc2Cl)CC1. The Bertz CT molecular complexity index is 479. The minimum atomic E-state index is -0.0663. The maximum Gasteiger partial charge on any atom is 0.306 e. The van der Waals surface area contributed by atoms with Crippen LogP contribution >= 0.6 is 11.6 Å². The second kappa shape index (κ2) is 7.69. The number of carbonyl (C=O) groups excluding carboxylic acids is 1. The molecule has 0 bridgehead atoms. The van der Waals surface area contributed by atoms with Crippen molar-refractivity contribution in [1.82, 2.24) is 0 Å². The molecule has 1 aliphatic carbocycles. The first kappa shape index (κ1) is 16.2. The minimum absolute atomic E-state index is 0.0663. The molecule has 1 saturated carbocycles. The molecule has 0 heterocycles. The molecule has 1 aromatic carbocycles. The number of benzene rings is 1. The molecule has 0 radical (unpaired) electrons. The van der Waals surface area contributed by atoms with Crippen LogP contribution < -0.4 is 4.74 Å². The highest BCUT2D eigenvalue weighted by atomic mass is 35.5. The number of rotatable bonds is 5. The Morgan fingerprint density at radius 3 is 2.57 bits per heavy atom. The van der Waals surface area contributed by atoms with Crippen molar-refractivity contribution in [2.45, 2.75) is 44.9 Å². The van der Waals surface area contributed by atoms with Gasteiger partial charge in [-0.15, -0.1) is 0 Å². The summed E-state index contributed by atoms with van der Waals surface area (Å²) in [5.41, 5.74) is 1.20. The average molecular weight is 311 g/mol. The predicted molar refractivity (Wildman–Crippen MR) is 84.0 cm³/mol. The Labute approximate surface area is 131 Å². The van der Waals surface area contributed by atoms with Gasteiger partial charge in [-0.05, 0) is 62.1 Å². The molecule has 4 heteroatoms. The summed E-state index contributed by atoms with van der Waals surface area (Å²) in [5, 5.41) is 0.781. The molecular weight excluding hydrogens is 288 g/mol. The molecule has 3 nitrogen and oxygen atoms in total. The van der Waals surface area contributed by atoms with Gasteiger partial charge in [0.15, 0.2) is 0 Å². The van der Waals surface area contributed by atoms with Crippen molar-refractivity contribution in [1.29, 1.82) is 0 Å². The van der Waals surface area contributed by atoms with Crippen molar-refractivity contribution < 1.29 is 14.3 Å². The molecule has 0 aliphatic heterocycles. The molecule has 21 heavy (non-hydrogen) atoms. The lowest BCUT2D eigenvalue weighted by atomic mass is 9.77. The Hall–Kier alpha value is -1.22. The van der Waals surface area contributed by atoms with E-state index in [0.717, 1.165) is 36.5 Å². The van der Waals surface area contributed by atoms with Crippen molar-refractivity contribution in [3.05, 3.63) is 28.8 Å². The van der Waals surface area contributed by atoms with Gasteiger partial charge in [-0.3, -0.25) is 4.79 Å². The lowest BCUT2D eigenvalue weighted by molar-refractivity contribution is -0.144. The highest BCUT2D eigenvalue weighted by Gasteiger charge is 2.25. The molecule has 0 amide bonds. The van der Waals surface area contributed by atoms with E-state index in [1.165, 1.54) is 5.56 Å². The van der Waals surface area contributed by atoms with E-state index in [-0.39, 0.29) is 5.97 Å². The van der Waals surface area contributed by atoms with Crippen LogP contribution in [0.1, 0.15) is 50.5 Å². The molecule has 0 atom stereocenters. The monoisotopic (exact) mass is 310 g/mol. The third-order valence-corrected chi connectivity index (χ3v) is 4.58. The normalized spacial score (nSPS) is 21.9. The molecule has 0 spiro atoms. The summed E-state index contributed by atoms with van der Waals surface area (Å²) in [6.45, 7) is 2.32. The van der Waals surface area contributed by atoms with Gasteiger partial charge in [0.05, 0.1) is 13.7 Å². The zero-order chi connectivity index (χ0) is 15.2. The molecule has 116 valence electrons. The van der Waals surface area contributed by atoms with Crippen LogP contribution in [0.5, 0.6) is 5.75 Å². The van der Waals surface area contributed by atoms with E-state index in [1.54, 1.807) is 7.11 Å². The van der Waals surface area contributed by atoms with Gasteiger partial charge in [0.1, 0.15) is 5.75 Å². The fourth-order valence-electron chi connectivity index (χ4n) is 3.10. The topological polar surface area (TPSA) is 35.5 Å². The lowest BCUT2D eigenvalue weighted by Crippen LogP contribution is -2.18. The minimum Gasteiger partial charge on any atom is -0.497 e. The van der Waals surface area contributed by atoms with Gasteiger partial charge in [-0.2, -0.15) is 0 Å². The molecule has 1 aliphatic rings. The first-order valence-electron chi connectivity index (χ1n) is 7.63. The van der Waals surface area contributed by atoms with Gasteiger partial charge >= 0.3 is 5.97 Å². The van der Waals surface area contributed by atoms with Crippen LogP contribution in [0.25, 0.3) is 0 Å². The van der Waals surface area contributed by atoms with E-state index < -0.39 is 0 Å². The number of halogens is 1. The number of hydrogen-bond acceptors (Lipinski definition) is 3. The van der Waals surface area contributed by atoms with Crippen LogP contribution in [0.4, 0.5) is 0 Å². The number of carbonyl (C=O) groups is 1. The number of hydrogen-bond donors (Lipinski definition) is 0. The molecule has 1 aromatic rings. The zero-order valence-corrected chi connectivity index (χ0v) is 13.5. The van der Waals surface area contributed by atoms with E-state index in [4.69, 9.17) is 21.1 Å². The van der Waals surface area contributed by atoms with Crippen molar-refractivity contribution in [3.63, 3.8) is 0 Å². The second-order valence-corrected chi connectivity index (χ2v) is 6.02.